The molecule has 5 aromatic rings. The van der Waals surface area contributed by atoms with Gasteiger partial charge < -0.3 is 24.8 Å². The van der Waals surface area contributed by atoms with E-state index in [1.54, 1.807) is 24.3 Å². The average Bonchev–Trinajstić information content (AvgIpc) is 3.16. The van der Waals surface area contributed by atoms with Gasteiger partial charge in [-0.15, -0.1) is 5.11 Å². The highest BCUT2D eigenvalue weighted by molar-refractivity contribution is 6.09. The van der Waals surface area contributed by atoms with Crippen molar-refractivity contribution >= 4 is 45.5 Å². The number of azo groups is 1. The summed E-state index contributed by atoms with van der Waals surface area (Å²) < 4.78 is 16.4. The summed E-state index contributed by atoms with van der Waals surface area (Å²) >= 11 is 0. The van der Waals surface area contributed by atoms with Gasteiger partial charge in [0, 0.05) is 28.2 Å². The largest absolute Gasteiger partial charge is 0.494 e. The van der Waals surface area contributed by atoms with Crippen molar-refractivity contribution in [2.75, 3.05) is 23.8 Å². The number of carbonyl (C=O) groups excluding carboxylic acids is 2. The number of hydrogen-bond donors (Lipinski definition) is 2. The number of benzene rings is 5. The lowest BCUT2D eigenvalue weighted by Gasteiger charge is -2.39. The van der Waals surface area contributed by atoms with Crippen molar-refractivity contribution < 1.29 is 23.8 Å². The molecule has 0 radical (unpaired) electrons. The first-order valence-corrected chi connectivity index (χ1v) is 18.1. The zero-order valence-electron chi connectivity index (χ0n) is 30.6. The molecule has 1 unspecified atom stereocenters. The molecule has 1 aliphatic heterocycles. The molecule has 9 heteroatoms. The maximum atomic E-state index is 12.8. The highest BCUT2D eigenvalue weighted by atomic mass is 16.5. The number of unbranched alkanes of at least 4 members (excludes halogenated alkanes) is 3. The average molecular weight is 711 g/mol. The van der Waals surface area contributed by atoms with Crippen molar-refractivity contribution in [2.45, 2.75) is 65.0 Å². The number of esters is 2. The van der Waals surface area contributed by atoms with Crippen LogP contribution in [-0.2, 0) is 16.0 Å². The molecule has 0 saturated carbocycles. The van der Waals surface area contributed by atoms with Gasteiger partial charge in [0.25, 0.3) is 0 Å². The van der Waals surface area contributed by atoms with Crippen LogP contribution in [0, 0.1) is 13.8 Å². The normalized spacial score (nSPS) is 14.7. The van der Waals surface area contributed by atoms with Gasteiger partial charge in [0.1, 0.15) is 17.2 Å². The zero-order valence-corrected chi connectivity index (χ0v) is 30.6. The molecule has 1 aliphatic rings. The van der Waals surface area contributed by atoms with E-state index in [1.807, 2.05) is 36.4 Å². The molecule has 1 atom stereocenters. The van der Waals surface area contributed by atoms with Crippen molar-refractivity contribution in [3.05, 3.63) is 132 Å². The summed E-state index contributed by atoms with van der Waals surface area (Å²) in [4.78, 5) is 23.9. The molecule has 272 valence electrons. The van der Waals surface area contributed by atoms with Crippen LogP contribution in [0.4, 0.5) is 22.7 Å². The van der Waals surface area contributed by atoms with Crippen LogP contribution in [0.5, 0.6) is 11.5 Å². The van der Waals surface area contributed by atoms with E-state index in [-0.39, 0.29) is 11.6 Å². The van der Waals surface area contributed by atoms with Gasteiger partial charge in [0.05, 0.1) is 30.2 Å². The Labute approximate surface area is 311 Å². The molecule has 6 rings (SSSR count). The van der Waals surface area contributed by atoms with Gasteiger partial charge in [-0.1, -0.05) is 48.5 Å². The maximum Gasteiger partial charge on any atom is 0.343 e. The van der Waals surface area contributed by atoms with Gasteiger partial charge in [0.2, 0.25) is 0 Å². The third-order valence-electron chi connectivity index (χ3n) is 9.31. The topological polar surface area (TPSA) is 111 Å². The summed E-state index contributed by atoms with van der Waals surface area (Å²) in [5, 5.41) is 18.8. The van der Waals surface area contributed by atoms with Crippen LogP contribution in [0.2, 0.25) is 0 Å². The predicted molar refractivity (Wildman–Crippen MR) is 211 cm³/mol. The van der Waals surface area contributed by atoms with Gasteiger partial charge in [-0.3, -0.25) is 0 Å². The van der Waals surface area contributed by atoms with E-state index in [0.717, 1.165) is 83.2 Å². The molecular formula is C44H46N4O5. The Kier molecular flexibility index (Phi) is 11.8. The lowest BCUT2D eigenvalue weighted by atomic mass is 9.95. The molecule has 1 heterocycles. The minimum Gasteiger partial charge on any atom is -0.494 e. The van der Waals surface area contributed by atoms with Gasteiger partial charge >= 0.3 is 11.9 Å². The molecule has 0 amide bonds. The fourth-order valence-electron chi connectivity index (χ4n) is 6.41. The highest BCUT2D eigenvalue weighted by Crippen LogP contribution is 2.43. The molecule has 53 heavy (non-hydrogen) atoms. The minimum atomic E-state index is -0.424. The van der Waals surface area contributed by atoms with E-state index in [0.29, 0.717) is 30.3 Å². The van der Waals surface area contributed by atoms with Crippen molar-refractivity contribution in [3.63, 3.8) is 0 Å². The van der Waals surface area contributed by atoms with E-state index in [9.17, 15) is 9.59 Å². The molecule has 5 aromatic carbocycles. The second kappa shape index (κ2) is 17.0. The predicted octanol–water partition coefficient (Wildman–Crippen LogP) is 10.9. The van der Waals surface area contributed by atoms with E-state index >= 15 is 0 Å². The smallest absolute Gasteiger partial charge is 0.343 e. The fourth-order valence-corrected chi connectivity index (χ4v) is 6.41. The van der Waals surface area contributed by atoms with E-state index in [1.165, 1.54) is 11.6 Å². The number of nitrogens with zero attached hydrogens (tertiary/aromatic N) is 2. The van der Waals surface area contributed by atoms with Gasteiger partial charge in [-0.2, -0.15) is 5.11 Å². The van der Waals surface area contributed by atoms with Crippen LogP contribution in [0.1, 0.15) is 66.1 Å². The number of aryl methyl sites for hydroxylation is 3. The lowest BCUT2D eigenvalue weighted by molar-refractivity contribution is -0.137. The van der Waals surface area contributed by atoms with E-state index in [2.05, 4.69) is 84.6 Å². The second-order valence-electron chi connectivity index (χ2n) is 13.6. The van der Waals surface area contributed by atoms with Crippen molar-refractivity contribution in [1.29, 1.82) is 0 Å². The van der Waals surface area contributed by atoms with Crippen LogP contribution in [0.3, 0.4) is 0 Å². The van der Waals surface area contributed by atoms with Crippen molar-refractivity contribution in [3.8, 4) is 11.5 Å². The molecule has 0 saturated heterocycles. The quantitative estimate of drug-likeness (QED) is 0.0345. The molecule has 9 nitrogen and oxygen atoms in total. The first-order chi connectivity index (χ1) is 25.7. The number of carbonyl (C=O) groups is 2. The molecule has 0 fully saturated rings. The summed E-state index contributed by atoms with van der Waals surface area (Å²) in [6.07, 6.45) is 6.42. The number of anilines is 2. The maximum absolute atomic E-state index is 12.8. The SMILES string of the molecule is C=CC(=O)OCCCCCCOc1ccc(C(=O)Oc2ccc(CCC3(C)Nc4cccc5c(/N=N/c6ccc(C)cc6C)ccc(c45)N3)cc2)cc1. The summed E-state index contributed by atoms with van der Waals surface area (Å²) in [5.74, 6) is 0.374. The number of rotatable bonds is 16. The van der Waals surface area contributed by atoms with Gasteiger partial charge in [0.15, 0.2) is 0 Å². The summed E-state index contributed by atoms with van der Waals surface area (Å²) in [6.45, 7) is 10.7. The second-order valence-corrected chi connectivity index (χ2v) is 13.6. The summed E-state index contributed by atoms with van der Waals surface area (Å²) in [5.41, 5.74) is 7.31. The van der Waals surface area contributed by atoms with Crippen LogP contribution in [0.25, 0.3) is 10.8 Å². The first-order valence-electron chi connectivity index (χ1n) is 18.1. The first kappa shape index (κ1) is 36.8. The lowest BCUT2D eigenvalue weighted by Crippen LogP contribution is -2.45. The van der Waals surface area contributed by atoms with Gasteiger partial charge in [-0.05, 0) is 131 Å². The summed E-state index contributed by atoms with van der Waals surface area (Å²) in [7, 11) is 0. The third-order valence-corrected chi connectivity index (χ3v) is 9.31. The molecule has 0 aromatic heterocycles. The van der Waals surface area contributed by atoms with Crippen LogP contribution >= 0.6 is 0 Å². The van der Waals surface area contributed by atoms with Crippen LogP contribution < -0.4 is 20.1 Å². The van der Waals surface area contributed by atoms with Crippen molar-refractivity contribution in [2.24, 2.45) is 10.2 Å². The van der Waals surface area contributed by atoms with Crippen LogP contribution in [0.15, 0.2) is 120 Å². The number of ether oxygens (including phenoxy) is 3. The van der Waals surface area contributed by atoms with Gasteiger partial charge in [-0.25, -0.2) is 9.59 Å². The minimum absolute atomic E-state index is 0.381. The van der Waals surface area contributed by atoms with Crippen LogP contribution in [-0.4, -0.2) is 30.8 Å². The Hall–Kier alpha value is -5.96. The Bertz CT molecular complexity index is 2100. The van der Waals surface area contributed by atoms with E-state index in [4.69, 9.17) is 14.2 Å². The Morgan fingerprint density at radius 2 is 1.45 bits per heavy atom. The molecule has 0 aliphatic carbocycles. The Balaban J connectivity index is 0.974. The Morgan fingerprint density at radius 3 is 2.19 bits per heavy atom. The number of nitrogens with one attached hydrogen (secondary N) is 2. The number of hydrogen-bond acceptors (Lipinski definition) is 9. The summed E-state index contributed by atoms with van der Waals surface area (Å²) in [6, 6.07) is 31.2. The standard InChI is InChI=1S/C44H46N4O5/c1-5-41(49)52-28-9-7-6-8-27-51-34-20-16-33(17-21-34)43(50)53-35-18-14-32(15-19-35)25-26-44(4)45-39-12-10-11-36-38(23-24-40(46-44)42(36)39)48-47-37-22-13-30(2)29-31(37)3/h5,10-24,29,45-46H,1,6-9,25-28H2,2-4H3/b48-47+. The zero-order chi connectivity index (χ0) is 37.2. The Morgan fingerprint density at radius 1 is 0.774 bits per heavy atom. The molecular weight excluding hydrogens is 665 g/mol. The monoisotopic (exact) mass is 710 g/mol. The molecule has 0 bridgehead atoms. The molecule has 0 spiro atoms. The third kappa shape index (κ3) is 9.68. The molecule has 2 N–H and O–H groups in total. The van der Waals surface area contributed by atoms with Crippen molar-refractivity contribution in [1.82, 2.24) is 0 Å². The fraction of sp³-hybridized carbons (Fsp3) is 0.273. The van der Waals surface area contributed by atoms with E-state index < -0.39 is 5.97 Å². The highest BCUT2D eigenvalue weighted by Gasteiger charge is 2.30.